The summed E-state index contributed by atoms with van der Waals surface area (Å²) in [6, 6.07) is 2.98. The summed E-state index contributed by atoms with van der Waals surface area (Å²) in [4.78, 5) is 3.98. The molecule has 0 saturated heterocycles. The van der Waals surface area contributed by atoms with Crippen LogP contribution < -0.4 is 4.72 Å². The molecule has 19 heavy (non-hydrogen) atoms. The molecule has 2 rings (SSSR count). The molecule has 1 N–H and O–H groups in total. The maximum absolute atomic E-state index is 12.2. The van der Waals surface area contributed by atoms with Gasteiger partial charge in [-0.05, 0) is 43.2 Å². The standard InChI is InChI=1S/C13H19ClN2O2S/c1-9-5-10(2)7-11(6-9)16-19(17,18)12-3-4-13(14)15-8-12/h3-4,8-11,16H,5-7H2,1-2H3. The third kappa shape index (κ3) is 3.91. The highest BCUT2D eigenvalue weighted by Gasteiger charge is 2.28. The van der Waals surface area contributed by atoms with E-state index in [0.29, 0.717) is 17.0 Å². The molecule has 1 aliphatic rings. The first-order valence-corrected chi connectivity index (χ1v) is 8.37. The lowest BCUT2D eigenvalue weighted by Crippen LogP contribution is -2.40. The summed E-state index contributed by atoms with van der Waals surface area (Å²) in [5.74, 6) is 1.11. The summed E-state index contributed by atoms with van der Waals surface area (Å²) < 4.78 is 27.2. The second-order valence-electron chi connectivity index (χ2n) is 5.55. The summed E-state index contributed by atoms with van der Waals surface area (Å²) in [5, 5.41) is 0.291. The Morgan fingerprint density at radius 1 is 1.21 bits per heavy atom. The Hall–Kier alpha value is -0.650. The summed E-state index contributed by atoms with van der Waals surface area (Å²) in [7, 11) is -3.49. The van der Waals surface area contributed by atoms with Crippen LogP contribution in [-0.4, -0.2) is 19.4 Å². The number of sulfonamides is 1. The zero-order valence-corrected chi connectivity index (χ0v) is 12.7. The van der Waals surface area contributed by atoms with Crippen LogP contribution in [0.1, 0.15) is 33.1 Å². The normalized spacial score (nSPS) is 28.3. The monoisotopic (exact) mass is 302 g/mol. The number of halogens is 1. The van der Waals surface area contributed by atoms with E-state index in [2.05, 4.69) is 23.6 Å². The smallest absolute Gasteiger partial charge is 0.242 e. The number of aromatic nitrogens is 1. The molecule has 0 amide bonds. The number of nitrogens with zero attached hydrogens (tertiary/aromatic N) is 1. The van der Waals surface area contributed by atoms with Crippen molar-refractivity contribution < 1.29 is 8.42 Å². The highest BCUT2D eigenvalue weighted by Crippen LogP contribution is 2.29. The topological polar surface area (TPSA) is 59.1 Å². The molecule has 4 nitrogen and oxygen atoms in total. The predicted molar refractivity (Wildman–Crippen MR) is 75.5 cm³/mol. The first-order valence-electron chi connectivity index (χ1n) is 6.50. The summed E-state index contributed by atoms with van der Waals surface area (Å²) in [5.41, 5.74) is 0. The van der Waals surface area contributed by atoms with Gasteiger partial charge in [-0.15, -0.1) is 0 Å². The van der Waals surface area contributed by atoms with Crippen molar-refractivity contribution in [2.24, 2.45) is 11.8 Å². The Kier molecular flexibility index (Phi) is 4.48. The van der Waals surface area contributed by atoms with Gasteiger partial charge in [-0.2, -0.15) is 0 Å². The fourth-order valence-corrected chi connectivity index (χ4v) is 4.17. The van der Waals surface area contributed by atoms with Crippen LogP contribution in [0.4, 0.5) is 0 Å². The minimum atomic E-state index is -3.49. The maximum atomic E-state index is 12.2. The van der Waals surface area contributed by atoms with Crippen molar-refractivity contribution >= 4 is 21.6 Å². The second kappa shape index (κ2) is 5.77. The summed E-state index contributed by atoms with van der Waals surface area (Å²) in [6.07, 6.45) is 4.25. The van der Waals surface area contributed by atoms with Gasteiger partial charge in [-0.1, -0.05) is 25.4 Å². The van der Waals surface area contributed by atoms with Crippen LogP contribution in [0.3, 0.4) is 0 Å². The Morgan fingerprint density at radius 3 is 2.37 bits per heavy atom. The van der Waals surface area contributed by atoms with Gasteiger partial charge in [0.05, 0.1) is 0 Å². The van der Waals surface area contributed by atoms with Crippen molar-refractivity contribution in [3.63, 3.8) is 0 Å². The van der Waals surface area contributed by atoms with Crippen molar-refractivity contribution in [1.82, 2.24) is 9.71 Å². The molecule has 0 radical (unpaired) electrons. The van der Waals surface area contributed by atoms with E-state index in [-0.39, 0.29) is 10.9 Å². The molecule has 1 aliphatic carbocycles. The van der Waals surface area contributed by atoms with E-state index in [1.165, 1.54) is 24.8 Å². The van der Waals surface area contributed by atoms with Crippen LogP contribution in [0.15, 0.2) is 23.2 Å². The zero-order chi connectivity index (χ0) is 14.0. The molecule has 2 atom stereocenters. The zero-order valence-electron chi connectivity index (χ0n) is 11.1. The third-order valence-electron chi connectivity index (χ3n) is 3.51. The van der Waals surface area contributed by atoms with Gasteiger partial charge in [-0.25, -0.2) is 18.1 Å². The lowest BCUT2D eigenvalue weighted by molar-refractivity contribution is 0.257. The molecule has 1 aromatic heterocycles. The highest BCUT2D eigenvalue weighted by atomic mass is 35.5. The molecule has 2 unspecified atom stereocenters. The molecule has 1 aromatic rings. The predicted octanol–water partition coefficient (Wildman–Crippen LogP) is 2.84. The quantitative estimate of drug-likeness (QED) is 0.874. The van der Waals surface area contributed by atoms with Crippen molar-refractivity contribution in [3.8, 4) is 0 Å². The SMILES string of the molecule is CC1CC(C)CC(NS(=O)(=O)c2ccc(Cl)nc2)C1. The fraction of sp³-hybridized carbons (Fsp3) is 0.615. The Balaban J connectivity index is 2.10. The van der Waals surface area contributed by atoms with Crippen molar-refractivity contribution in [2.45, 2.75) is 44.0 Å². The summed E-state index contributed by atoms with van der Waals surface area (Å²) in [6.45, 7) is 4.33. The van der Waals surface area contributed by atoms with Crippen LogP contribution in [0, 0.1) is 11.8 Å². The Labute approximate surface area is 119 Å². The number of pyridine rings is 1. The van der Waals surface area contributed by atoms with Gasteiger partial charge >= 0.3 is 0 Å². The van der Waals surface area contributed by atoms with E-state index in [9.17, 15) is 8.42 Å². The van der Waals surface area contributed by atoms with E-state index in [1.54, 1.807) is 0 Å². The fourth-order valence-electron chi connectivity index (χ4n) is 2.85. The molecule has 106 valence electrons. The first-order chi connectivity index (χ1) is 8.87. The van der Waals surface area contributed by atoms with Gasteiger partial charge in [0.25, 0.3) is 0 Å². The van der Waals surface area contributed by atoms with Gasteiger partial charge in [-0.3, -0.25) is 0 Å². The van der Waals surface area contributed by atoms with Crippen LogP contribution >= 0.6 is 11.6 Å². The van der Waals surface area contributed by atoms with E-state index >= 15 is 0 Å². The number of nitrogens with one attached hydrogen (secondary N) is 1. The molecule has 0 spiro atoms. The second-order valence-corrected chi connectivity index (χ2v) is 7.65. The highest BCUT2D eigenvalue weighted by molar-refractivity contribution is 7.89. The lowest BCUT2D eigenvalue weighted by atomic mass is 9.81. The average Bonchev–Trinajstić information content (AvgIpc) is 2.27. The van der Waals surface area contributed by atoms with E-state index in [4.69, 9.17) is 11.6 Å². The number of hydrogen-bond donors (Lipinski definition) is 1. The van der Waals surface area contributed by atoms with E-state index < -0.39 is 10.0 Å². The molecule has 1 saturated carbocycles. The molecule has 1 heterocycles. The van der Waals surface area contributed by atoms with Gasteiger partial charge < -0.3 is 0 Å². The minimum absolute atomic E-state index is 0.0134. The first kappa shape index (κ1) is 14.8. The van der Waals surface area contributed by atoms with Gasteiger partial charge in [0, 0.05) is 12.2 Å². The van der Waals surface area contributed by atoms with Crippen LogP contribution in [0.5, 0.6) is 0 Å². The molecule has 0 bridgehead atoms. The Bertz CT molecular complexity index is 520. The molecular weight excluding hydrogens is 284 g/mol. The van der Waals surface area contributed by atoms with Crippen LogP contribution in [0.2, 0.25) is 5.15 Å². The van der Waals surface area contributed by atoms with Gasteiger partial charge in [0.2, 0.25) is 10.0 Å². The van der Waals surface area contributed by atoms with Crippen LogP contribution in [-0.2, 0) is 10.0 Å². The number of rotatable bonds is 3. The van der Waals surface area contributed by atoms with Crippen molar-refractivity contribution in [3.05, 3.63) is 23.5 Å². The third-order valence-corrected chi connectivity index (χ3v) is 5.24. The van der Waals surface area contributed by atoms with Gasteiger partial charge in [0.15, 0.2) is 0 Å². The largest absolute Gasteiger partial charge is 0.243 e. The molecule has 6 heteroatoms. The van der Waals surface area contributed by atoms with Gasteiger partial charge in [0.1, 0.15) is 10.0 Å². The van der Waals surface area contributed by atoms with E-state index in [0.717, 1.165) is 12.8 Å². The van der Waals surface area contributed by atoms with Crippen molar-refractivity contribution in [2.75, 3.05) is 0 Å². The summed E-state index contributed by atoms with van der Waals surface area (Å²) >= 11 is 5.67. The molecule has 0 aliphatic heterocycles. The number of hydrogen-bond acceptors (Lipinski definition) is 3. The van der Waals surface area contributed by atoms with Crippen molar-refractivity contribution in [1.29, 1.82) is 0 Å². The lowest BCUT2D eigenvalue weighted by Gasteiger charge is -2.31. The molecular formula is C13H19ClN2O2S. The Morgan fingerprint density at radius 2 is 1.84 bits per heavy atom. The molecule has 1 fully saturated rings. The van der Waals surface area contributed by atoms with E-state index in [1.807, 2.05) is 0 Å². The minimum Gasteiger partial charge on any atom is -0.243 e. The van der Waals surface area contributed by atoms with Crippen LogP contribution in [0.25, 0.3) is 0 Å². The maximum Gasteiger partial charge on any atom is 0.242 e. The average molecular weight is 303 g/mol. The molecule has 0 aromatic carbocycles.